The van der Waals surface area contributed by atoms with E-state index < -0.39 is 17.6 Å². The van der Waals surface area contributed by atoms with E-state index in [0.717, 1.165) is 14.8 Å². The summed E-state index contributed by atoms with van der Waals surface area (Å²) in [4.78, 5) is 39.0. The number of benzene rings is 2. The van der Waals surface area contributed by atoms with Gasteiger partial charge in [0.1, 0.15) is 12.3 Å². The minimum absolute atomic E-state index is 0.136. The zero-order valence-corrected chi connectivity index (χ0v) is 16.8. The Hall–Kier alpha value is -3.59. The number of methoxy groups -OCH3 is 1. The van der Waals surface area contributed by atoms with Gasteiger partial charge in [0.15, 0.2) is 5.82 Å². The third kappa shape index (κ3) is 3.79. The number of hydrogen-bond acceptors (Lipinski definition) is 5. The molecule has 4 rings (SSSR count). The monoisotopic (exact) mass is 427 g/mol. The van der Waals surface area contributed by atoms with Gasteiger partial charge < -0.3 is 10.1 Å². The normalized spacial score (nSPS) is 12.7. The van der Waals surface area contributed by atoms with Gasteiger partial charge in [0, 0.05) is 17.3 Å². The Bertz CT molecular complexity index is 1170. The summed E-state index contributed by atoms with van der Waals surface area (Å²) < 4.78 is 7.09. The number of anilines is 1. The third-order valence-electron chi connectivity index (χ3n) is 4.68. The first-order valence-electron chi connectivity index (χ1n) is 9.12. The molecule has 0 saturated heterocycles. The van der Waals surface area contributed by atoms with Crippen molar-refractivity contribution in [1.82, 2.24) is 19.7 Å². The Morgan fingerprint density at radius 2 is 1.97 bits per heavy atom. The predicted molar refractivity (Wildman–Crippen MR) is 110 cm³/mol. The Morgan fingerprint density at radius 1 is 1.20 bits per heavy atom. The number of amides is 2. The molecule has 0 bridgehead atoms. The van der Waals surface area contributed by atoms with Gasteiger partial charge in [-0.25, -0.2) is 14.3 Å². The van der Waals surface area contributed by atoms with E-state index in [-0.39, 0.29) is 25.5 Å². The second kappa shape index (κ2) is 8.03. The van der Waals surface area contributed by atoms with Gasteiger partial charge in [0.05, 0.1) is 13.7 Å². The highest BCUT2D eigenvalue weighted by Crippen LogP contribution is 2.24. The molecule has 1 aliphatic rings. The molecule has 0 radical (unpaired) electrons. The van der Waals surface area contributed by atoms with E-state index in [0.29, 0.717) is 16.5 Å². The van der Waals surface area contributed by atoms with Gasteiger partial charge in [-0.3, -0.25) is 9.69 Å². The van der Waals surface area contributed by atoms with Crippen LogP contribution in [0.25, 0.3) is 0 Å². The second-order valence-electron chi connectivity index (χ2n) is 6.67. The summed E-state index contributed by atoms with van der Waals surface area (Å²) >= 11 is 5.93. The maximum Gasteiger partial charge on any atom is 0.354 e. The lowest BCUT2D eigenvalue weighted by atomic mass is 10.2. The van der Waals surface area contributed by atoms with Crippen LogP contribution in [-0.4, -0.2) is 33.4 Å². The van der Waals surface area contributed by atoms with Crippen LogP contribution >= 0.6 is 11.6 Å². The minimum Gasteiger partial charge on any atom is -0.497 e. The number of rotatable bonds is 6. The van der Waals surface area contributed by atoms with Crippen LogP contribution < -0.4 is 20.6 Å². The van der Waals surface area contributed by atoms with Gasteiger partial charge in [0.2, 0.25) is 5.91 Å². The molecule has 1 aromatic heterocycles. The van der Waals surface area contributed by atoms with Crippen molar-refractivity contribution < 1.29 is 14.3 Å². The molecule has 10 heteroatoms. The van der Waals surface area contributed by atoms with Gasteiger partial charge in [-0.2, -0.15) is 9.67 Å². The fourth-order valence-corrected chi connectivity index (χ4v) is 3.40. The molecule has 30 heavy (non-hydrogen) atoms. The molecular formula is C20H18ClN5O4. The molecular weight excluding hydrogens is 410 g/mol. The maximum absolute atomic E-state index is 12.7. The van der Waals surface area contributed by atoms with Gasteiger partial charge in [-0.1, -0.05) is 23.7 Å². The maximum atomic E-state index is 12.7. The van der Waals surface area contributed by atoms with E-state index in [1.165, 1.54) is 4.90 Å². The Balaban J connectivity index is 1.44. The van der Waals surface area contributed by atoms with Gasteiger partial charge in [0.25, 0.3) is 0 Å². The summed E-state index contributed by atoms with van der Waals surface area (Å²) in [6.45, 7) is 0.124. The summed E-state index contributed by atoms with van der Waals surface area (Å²) in [5.74, 6) is 0.547. The number of carbonyl (C=O) groups is 2. The largest absolute Gasteiger partial charge is 0.497 e. The van der Waals surface area contributed by atoms with E-state index >= 15 is 0 Å². The fraction of sp³-hybridized carbons (Fsp3) is 0.200. The fourth-order valence-electron chi connectivity index (χ4n) is 3.18. The van der Waals surface area contributed by atoms with Gasteiger partial charge in [-0.05, 0) is 42.0 Å². The molecule has 0 unspecified atom stereocenters. The van der Waals surface area contributed by atoms with Crippen molar-refractivity contribution in [2.24, 2.45) is 0 Å². The average Bonchev–Trinajstić information content (AvgIpc) is 3.23. The zero-order chi connectivity index (χ0) is 21.3. The van der Waals surface area contributed by atoms with Crippen molar-refractivity contribution in [3.05, 3.63) is 75.4 Å². The summed E-state index contributed by atoms with van der Waals surface area (Å²) in [5.41, 5.74) is 0.807. The van der Waals surface area contributed by atoms with Crippen LogP contribution in [0.2, 0.25) is 5.02 Å². The highest BCUT2D eigenvalue weighted by molar-refractivity contribution is 6.30. The number of aromatic nitrogens is 3. The van der Waals surface area contributed by atoms with Crippen LogP contribution in [0.15, 0.2) is 53.3 Å². The topological polar surface area (TPSA) is 98.5 Å². The summed E-state index contributed by atoms with van der Waals surface area (Å²) in [6, 6.07) is 13.5. The van der Waals surface area contributed by atoms with Crippen molar-refractivity contribution in [2.75, 3.05) is 12.0 Å². The molecule has 9 nitrogen and oxygen atoms in total. The first kappa shape index (κ1) is 19.7. The van der Waals surface area contributed by atoms with Crippen LogP contribution in [0.1, 0.15) is 11.4 Å². The number of nitrogens with zero attached hydrogens (tertiary/aromatic N) is 4. The first-order chi connectivity index (χ1) is 14.5. The smallest absolute Gasteiger partial charge is 0.354 e. The van der Waals surface area contributed by atoms with Crippen LogP contribution in [0.3, 0.4) is 0 Å². The van der Waals surface area contributed by atoms with Crippen LogP contribution in [-0.2, 0) is 24.4 Å². The van der Waals surface area contributed by atoms with E-state index in [4.69, 9.17) is 16.3 Å². The Labute approximate surface area is 176 Å². The van der Waals surface area contributed by atoms with Crippen molar-refractivity contribution in [3.63, 3.8) is 0 Å². The molecule has 0 fully saturated rings. The first-order valence-corrected chi connectivity index (χ1v) is 9.50. The van der Waals surface area contributed by atoms with Crippen LogP contribution in [0.4, 0.5) is 10.5 Å². The van der Waals surface area contributed by atoms with Crippen molar-refractivity contribution in [1.29, 1.82) is 0 Å². The highest BCUT2D eigenvalue weighted by Gasteiger charge is 2.33. The number of fused-ring (bicyclic) bond motifs is 1. The Kier molecular flexibility index (Phi) is 5.28. The van der Waals surface area contributed by atoms with Crippen molar-refractivity contribution >= 4 is 29.2 Å². The lowest BCUT2D eigenvalue weighted by Gasteiger charge is -2.15. The molecule has 0 atom stereocenters. The molecule has 1 N–H and O–H groups in total. The number of halogens is 1. The van der Waals surface area contributed by atoms with Gasteiger partial charge in [-0.15, -0.1) is 0 Å². The summed E-state index contributed by atoms with van der Waals surface area (Å²) in [7, 11) is 1.55. The van der Waals surface area contributed by atoms with E-state index in [9.17, 15) is 14.4 Å². The molecule has 2 amide bonds. The average molecular weight is 428 g/mol. The summed E-state index contributed by atoms with van der Waals surface area (Å²) in [5, 5.41) is 7.44. The second-order valence-corrected chi connectivity index (χ2v) is 7.10. The third-order valence-corrected chi connectivity index (χ3v) is 4.92. The Morgan fingerprint density at radius 3 is 2.63 bits per heavy atom. The van der Waals surface area contributed by atoms with E-state index in [1.807, 2.05) is 6.07 Å². The molecule has 2 heterocycles. The molecule has 0 saturated carbocycles. The van der Waals surface area contributed by atoms with Crippen molar-refractivity contribution in [3.8, 4) is 5.75 Å². The van der Waals surface area contributed by atoms with Gasteiger partial charge >= 0.3 is 11.7 Å². The minimum atomic E-state index is -0.649. The molecule has 2 aromatic carbocycles. The standard InChI is InChI=1S/C20H18ClN5O4/c1-30-16-7-5-15(6-8-16)24-11-17-23-25(20(29)26(17)19(24)28)12-18(27)22-10-13-3-2-4-14(21)9-13/h2-9H,10-12H2,1H3,(H,22,27). The number of carbonyl (C=O) groups excluding carboxylic acids is 2. The predicted octanol–water partition coefficient (Wildman–Crippen LogP) is 2.01. The number of hydrogen-bond donors (Lipinski definition) is 1. The highest BCUT2D eigenvalue weighted by atomic mass is 35.5. The quantitative estimate of drug-likeness (QED) is 0.648. The van der Waals surface area contributed by atoms with E-state index in [1.54, 1.807) is 49.6 Å². The lowest BCUT2D eigenvalue weighted by Crippen LogP contribution is -2.37. The lowest BCUT2D eigenvalue weighted by molar-refractivity contribution is -0.122. The summed E-state index contributed by atoms with van der Waals surface area (Å²) in [6.07, 6.45) is 0. The molecule has 3 aromatic rings. The number of ether oxygens (including phenoxy) is 1. The molecule has 0 spiro atoms. The molecule has 0 aliphatic carbocycles. The van der Waals surface area contributed by atoms with Crippen LogP contribution in [0.5, 0.6) is 5.75 Å². The van der Waals surface area contributed by atoms with Crippen LogP contribution in [0, 0.1) is 0 Å². The zero-order valence-electron chi connectivity index (χ0n) is 16.0. The number of nitrogens with one attached hydrogen (secondary N) is 1. The van der Waals surface area contributed by atoms with Crippen molar-refractivity contribution in [2.45, 2.75) is 19.6 Å². The molecule has 154 valence electrons. The molecule has 1 aliphatic heterocycles. The van der Waals surface area contributed by atoms with E-state index in [2.05, 4.69) is 10.4 Å². The SMILES string of the molecule is COc1ccc(N2Cc3nn(CC(=O)NCc4cccc(Cl)c4)c(=O)n3C2=O)cc1.